The number of hydrogen-bond acceptors (Lipinski definition) is 1. The zero-order valence-corrected chi connectivity index (χ0v) is 23.5. The molecule has 2 heterocycles. The number of Topliss-reactive ketones (excluding diaryl/α,β-unsaturated/α-hetero) is 1. The van der Waals surface area contributed by atoms with E-state index in [1.807, 2.05) is 0 Å². The fourth-order valence-corrected chi connectivity index (χ4v) is 4.53. The maximum absolute atomic E-state index is 13.2. The fraction of sp³-hybridized carbons (Fsp3) is 0.179. The Hall–Kier alpha value is -2.13. The molecule has 0 saturated heterocycles. The molecular formula is C28H28I2N2O+2. The molecule has 3 nitrogen and oxygen atoms in total. The number of pyridine rings is 2. The van der Waals surface area contributed by atoms with Gasteiger partial charge in [-0.2, -0.15) is 0 Å². The number of rotatable bonds is 2. The summed E-state index contributed by atoms with van der Waals surface area (Å²) in [7, 11) is 4.10. The number of hydrogen-bond donors (Lipinski definition) is 0. The Morgan fingerprint density at radius 2 is 1.15 bits per heavy atom. The maximum atomic E-state index is 13.2. The lowest BCUT2D eigenvalue weighted by molar-refractivity contribution is -0.645. The van der Waals surface area contributed by atoms with E-state index in [1.165, 1.54) is 21.8 Å². The van der Waals surface area contributed by atoms with Gasteiger partial charge in [-0.1, -0.05) is 0 Å². The first kappa shape index (κ1) is 25.5. The average Bonchev–Trinajstić information content (AvgIpc) is 2.77. The Bertz CT molecular complexity index is 1300. The van der Waals surface area contributed by atoms with Gasteiger partial charge < -0.3 is 0 Å². The summed E-state index contributed by atoms with van der Waals surface area (Å²) in [5.41, 5.74) is 6.35. The molecule has 0 N–H and O–H groups in total. The van der Waals surface area contributed by atoms with Crippen LogP contribution in [0.2, 0.25) is 0 Å². The third-order valence-corrected chi connectivity index (χ3v) is 6.19. The Kier molecular flexibility index (Phi) is 8.39. The number of allylic oxidation sites excluding steroid dienone is 2. The van der Waals surface area contributed by atoms with Gasteiger partial charge in [-0.15, -0.1) is 48.0 Å². The van der Waals surface area contributed by atoms with Gasteiger partial charge in [0.25, 0.3) is 0 Å². The third kappa shape index (κ3) is 5.35. The molecule has 0 spiro atoms. The molecule has 0 atom stereocenters. The minimum atomic E-state index is 0. The summed E-state index contributed by atoms with van der Waals surface area (Å²) in [6.07, 6.45) is 10.9. The number of aromatic nitrogens is 2. The molecule has 1 aliphatic carbocycles. The highest BCUT2D eigenvalue weighted by atomic mass is 127. The minimum Gasteiger partial charge on any atom is -0.289 e. The Balaban J connectivity index is 0.00000153. The normalized spacial score (nSPS) is 16.1. The number of carbonyl (C=O) groups excluding carboxylic acids is 1. The molecule has 1 saturated carbocycles. The molecule has 1 fully saturated rings. The van der Waals surface area contributed by atoms with E-state index in [2.05, 4.69) is 108 Å². The second-order valence-electron chi connectivity index (χ2n) is 8.40. The molecule has 5 rings (SSSR count). The highest BCUT2D eigenvalue weighted by Crippen LogP contribution is 2.29. The van der Waals surface area contributed by atoms with E-state index in [1.54, 1.807) is 0 Å². The van der Waals surface area contributed by atoms with Crippen molar-refractivity contribution in [1.29, 1.82) is 0 Å². The SMILES string of the molecule is C[n+]1cccc2cc(/C=C3\CCC/C(=C\c4ccc5c(ccc[n+]5C)c4)C3=O)ccc21.I.I. The van der Waals surface area contributed by atoms with Crippen LogP contribution in [0.3, 0.4) is 0 Å². The molecule has 0 aliphatic heterocycles. The second kappa shape index (κ2) is 10.9. The van der Waals surface area contributed by atoms with Gasteiger partial charge in [0.2, 0.25) is 11.0 Å². The zero-order chi connectivity index (χ0) is 21.4. The number of carbonyl (C=O) groups is 1. The van der Waals surface area contributed by atoms with Crippen LogP contribution in [0.4, 0.5) is 0 Å². The van der Waals surface area contributed by atoms with Gasteiger partial charge in [0, 0.05) is 46.2 Å². The van der Waals surface area contributed by atoms with Crippen molar-refractivity contribution < 1.29 is 13.9 Å². The van der Waals surface area contributed by atoms with Gasteiger partial charge in [0.15, 0.2) is 18.2 Å². The molecule has 0 radical (unpaired) electrons. The van der Waals surface area contributed by atoms with Crippen LogP contribution in [0.25, 0.3) is 34.0 Å². The number of benzene rings is 2. The lowest BCUT2D eigenvalue weighted by atomic mass is 9.86. The van der Waals surface area contributed by atoms with Gasteiger partial charge in [0.05, 0.1) is 0 Å². The molecule has 1 aliphatic rings. The van der Waals surface area contributed by atoms with Crippen LogP contribution in [0.1, 0.15) is 30.4 Å². The monoisotopic (exact) mass is 662 g/mol. The van der Waals surface area contributed by atoms with Crippen molar-refractivity contribution in [2.75, 3.05) is 0 Å². The molecule has 0 bridgehead atoms. The van der Waals surface area contributed by atoms with E-state index < -0.39 is 0 Å². The number of halogens is 2. The molecule has 168 valence electrons. The number of nitrogens with zero attached hydrogens (tertiary/aromatic N) is 2. The van der Waals surface area contributed by atoms with E-state index >= 15 is 0 Å². The predicted molar refractivity (Wildman–Crippen MR) is 156 cm³/mol. The predicted octanol–water partition coefficient (Wildman–Crippen LogP) is 6.10. The topological polar surface area (TPSA) is 24.8 Å². The van der Waals surface area contributed by atoms with E-state index in [4.69, 9.17) is 0 Å². The van der Waals surface area contributed by atoms with Gasteiger partial charge in [-0.05, 0) is 78.9 Å². The molecule has 4 aromatic rings. The number of aryl methyl sites for hydroxylation is 2. The van der Waals surface area contributed by atoms with Crippen molar-refractivity contribution in [3.63, 3.8) is 0 Å². The highest BCUT2D eigenvalue weighted by molar-refractivity contribution is 14.0. The summed E-state index contributed by atoms with van der Waals surface area (Å²) >= 11 is 0. The average molecular weight is 662 g/mol. The Morgan fingerprint density at radius 3 is 1.61 bits per heavy atom. The Labute approximate surface area is 228 Å². The lowest BCUT2D eigenvalue weighted by Gasteiger charge is -2.16. The van der Waals surface area contributed by atoms with Crippen LogP contribution < -0.4 is 9.13 Å². The van der Waals surface area contributed by atoms with Crippen molar-refractivity contribution in [3.05, 3.63) is 95.3 Å². The molecule has 2 aromatic heterocycles. The lowest BCUT2D eigenvalue weighted by Crippen LogP contribution is -2.27. The first-order chi connectivity index (χ1) is 15.1. The van der Waals surface area contributed by atoms with E-state index in [-0.39, 0.29) is 53.7 Å². The van der Waals surface area contributed by atoms with Crippen LogP contribution in [0, 0.1) is 0 Å². The summed E-state index contributed by atoms with van der Waals surface area (Å²) < 4.78 is 4.23. The van der Waals surface area contributed by atoms with Crippen LogP contribution >= 0.6 is 48.0 Å². The third-order valence-electron chi connectivity index (χ3n) is 6.19. The summed E-state index contributed by atoms with van der Waals surface area (Å²) in [5.74, 6) is 0.184. The number of fused-ring (bicyclic) bond motifs is 2. The van der Waals surface area contributed by atoms with E-state index in [0.29, 0.717) is 0 Å². The van der Waals surface area contributed by atoms with Crippen LogP contribution in [-0.2, 0) is 18.9 Å². The molecule has 2 aromatic carbocycles. The summed E-state index contributed by atoms with van der Waals surface area (Å²) in [4.78, 5) is 13.2. The summed E-state index contributed by atoms with van der Waals surface area (Å²) in [6.45, 7) is 0. The van der Waals surface area contributed by atoms with Crippen LogP contribution in [-0.4, -0.2) is 5.78 Å². The Morgan fingerprint density at radius 1 is 0.697 bits per heavy atom. The minimum absolute atomic E-state index is 0. The standard InChI is InChI=1S/C28H26N2O.2HI/c1-29-14-4-8-22-16-20(10-12-26(22)29)18-24-6-3-7-25(28(24)31)19-21-11-13-27-23(17-21)9-5-15-30(27)2;;/h4-5,8-19H,3,6-7H2,1-2H3;2*1H/q+2;;/b24-18+,25-19+;;. The van der Waals surface area contributed by atoms with Crippen LogP contribution in [0.15, 0.2) is 84.2 Å². The van der Waals surface area contributed by atoms with Crippen molar-refractivity contribution in [2.45, 2.75) is 19.3 Å². The van der Waals surface area contributed by atoms with Gasteiger partial charge in [-0.25, -0.2) is 9.13 Å². The smallest absolute Gasteiger partial charge is 0.212 e. The largest absolute Gasteiger partial charge is 0.289 e. The first-order valence-corrected chi connectivity index (χ1v) is 10.8. The van der Waals surface area contributed by atoms with E-state index in [9.17, 15) is 4.79 Å². The van der Waals surface area contributed by atoms with Gasteiger partial charge in [0.1, 0.15) is 14.1 Å². The maximum Gasteiger partial charge on any atom is 0.212 e. The zero-order valence-electron chi connectivity index (χ0n) is 18.8. The van der Waals surface area contributed by atoms with Crippen LogP contribution in [0.5, 0.6) is 0 Å². The second-order valence-corrected chi connectivity index (χ2v) is 8.40. The highest BCUT2D eigenvalue weighted by Gasteiger charge is 2.21. The van der Waals surface area contributed by atoms with Crippen molar-refractivity contribution in [1.82, 2.24) is 0 Å². The molecule has 0 amide bonds. The fourth-order valence-electron chi connectivity index (χ4n) is 4.53. The van der Waals surface area contributed by atoms with Crippen molar-refractivity contribution in [2.24, 2.45) is 14.1 Å². The summed E-state index contributed by atoms with van der Waals surface area (Å²) in [5, 5.41) is 2.37. The van der Waals surface area contributed by atoms with Gasteiger partial charge >= 0.3 is 0 Å². The van der Waals surface area contributed by atoms with Crippen molar-refractivity contribution in [3.8, 4) is 0 Å². The van der Waals surface area contributed by atoms with Crippen molar-refractivity contribution >= 4 is 87.7 Å². The van der Waals surface area contributed by atoms with E-state index in [0.717, 1.165) is 41.5 Å². The quantitative estimate of drug-likeness (QED) is 0.145. The first-order valence-electron chi connectivity index (χ1n) is 10.8. The van der Waals surface area contributed by atoms with Gasteiger partial charge in [-0.3, -0.25) is 4.79 Å². The number of ketones is 1. The molecule has 5 heteroatoms. The summed E-state index contributed by atoms with van der Waals surface area (Å²) in [6, 6.07) is 21.1. The molecule has 33 heavy (non-hydrogen) atoms. The molecular weight excluding hydrogens is 634 g/mol. The molecule has 0 unspecified atom stereocenters.